The Balaban J connectivity index is 2.19. The van der Waals surface area contributed by atoms with E-state index in [9.17, 15) is 18.5 Å². The molecule has 0 aromatic heterocycles. The third-order valence-corrected chi connectivity index (χ3v) is 7.62. The maximum atomic E-state index is 12.4. The van der Waals surface area contributed by atoms with Crippen molar-refractivity contribution >= 4 is 32.9 Å². The normalized spacial score (nSPS) is 27.3. The number of nitro groups is 1. The molecular weight excluding hydrogens is 340 g/mol. The first kappa shape index (κ1) is 16.4. The molecule has 8 nitrogen and oxygen atoms in total. The van der Waals surface area contributed by atoms with Gasteiger partial charge in [0.1, 0.15) is 4.24 Å². The summed E-state index contributed by atoms with van der Waals surface area (Å²) in [4.78, 5) is 10.5. The van der Waals surface area contributed by atoms with Crippen molar-refractivity contribution in [1.82, 2.24) is 10.9 Å². The van der Waals surface area contributed by atoms with Crippen LogP contribution in [0, 0.1) is 16.0 Å². The summed E-state index contributed by atoms with van der Waals surface area (Å²) in [5.74, 6) is -0.311. The molecule has 0 bridgehead atoms. The van der Waals surface area contributed by atoms with Crippen LogP contribution in [0.3, 0.4) is 0 Å². The highest BCUT2D eigenvalue weighted by Crippen LogP contribution is 2.50. The average Bonchev–Trinajstić information content (AvgIpc) is 3.08. The molecule has 2 aliphatic rings. The quantitative estimate of drug-likeness (QED) is 0.533. The molecule has 2 aliphatic heterocycles. The minimum atomic E-state index is -3.44. The van der Waals surface area contributed by atoms with Crippen LogP contribution in [-0.4, -0.2) is 30.6 Å². The van der Waals surface area contributed by atoms with E-state index in [1.807, 2.05) is 0 Å². The van der Waals surface area contributed by atoms with Crippen molar-refractivity contribution in [3.8, 4) is 0 Å². The second-order valence-electron chi connectivity index (χ2n) is 5.29. The van der Waals surface area contributed by atoms with Crippen LogP contribution < -0.4 is 16.6 Å². The first-order chi connectivity index (χ1) is 10.8. The molecule has 0 aliphatic carbocycles. The molecule has 0 saturated carbocycles. The van der Waals surface area contributed by atoms with Gasteiger partial charge in [-0.15, -0.1) is 0 Å². The molecule has 0 radical (unpaired) electrons. The summed E-state index contributed by atoms with van der Waals surface area (Å²) in [5.41, 5.74) is 12.9. The van der Waals surface area contributed by atoms with Crippen LogP contribution in [0.2, 0.25) is 0 Å². The van der Waals surface area contributed by atoms with E-state index in [1.165, 1.54) is 23.9 Å². The van der Waals surface area contributed by atoms with Crippen molar-refractivity contribution < 1.29 is 13.3 Å². The summed E-state index contributed by atoms with van der Waals surface area (Å²) in [6.45, 7) is 1.58. The summed E-state index contributed by atoms with van der Waals surface area (Å²) in [6, 6.07) is 6.01. The third kappa shape index (κ3) is 2.76. The molecule has 1 aromatic carbocycles. The Morgan fingerprint density at radius 1 is 1.39 bits per heavy atom. The Labute approximate surface area is 137 Å². The van der Waals surface area contributed by atoms with Gasteiger partial charge in [-0.1, -0.05) is 30.8 Å². The Hall–Kier alpha value is -1.46. The fourth-order valence-electron chi connectivity index (χ4n) is 2.76. The Morgan fingerprint density at radius 3 is 2.78 bits per heavy atom. The lowest BCUT2D eigenvalue weighted by Gasteiger charge is -2.17. The van der Waals surface area contributed by atoms with Crippen LogP contribution >= 0.6 is 11.8 Å². The van der Waals surface area contributed by atoms with E-state index in [-0.39, 0.29) is 27.0 Å². The van der Waals surface area contributed by atoms with Crippen molar-refractivity contribution in [1.29, 1.82) is 0 Å². The fourth-order valence-corrected chi connectivity index (χ4v) is 6.06. The van der Waals surface area contributed by atoms with Crippen LogP contribution in [-0.2, 0) is 9.84 Å². The highest BCUT2D eigenvalue weighted by atomic mass is 32.3. The molecule has 4 N–H and O–H groups in total. The number of nitrogens with zero attached hydrogens (tertiary/aromatic N) is 1. The number of hydrogen-bond acceptors (Lipinski definition) is 8. The smallest absolute Gasteiger partial charge is 0.270 e. The average molecular weight is 356 g/mol. The lowest BCUT2D eigenvalue weighted by Crippen LogP contribution is -2.39. The highest BCUT2D eigenvalue weighted by molar-refractivity contribution is 8.19. The van der Waals surface area contributed by atoms with Gasteiger partial charge in [0.25, 0.3) is 5.69 Å². The lowest BCUT2D eigenvalue weighted by atomic mass is 9.92. The number of sulfone groups is 1. The van der Waals surface area contributed by atoms with Gasteiger partial charge in [-0.3, -0.25) is 10.1 Å². The molecular formula is C13H16N4O4S2. The van der Waals surface area contributed by atoms with E-state index in [0.29, 0.717) is 11.1 Å². The van der Waals surface area contributed by atoms with Gasteiger partial charge in [0, 0.05) is 18.1 Å². The van der Waals surface area contributed by atoms with E-state index in [0.717, 1.165) is 0 Å². The third-order valence-electron chi connectivity index (χ3n) is 3.92. The number of hydrogen-bond donors (Lipinski definition) is 3. The predicted octanol–water partition coefficient (Wildman–Crippen LogP) is 0.780. The Bertz CT molecular complexity index is 793. The summed E-state index contributed by atoms with van der Waals surface area (Å²) in [6.07, 6.45) is -0.466. The zero-order chi connectivity index (χ0) is 16.8. The molecule has 3 rings (SSSR count). The summed E-state index contributed by atoms with van der Waals surface area (Å²) < 4.78 is 25.1. The largest absolute Gasteiger partial charge is 0.314 e. The van der Waals surface area contributed by atoms with Gasteiger partial charge in [-0.05, 0) is 11.1 Å². The van der Waals surface area contributed by atoms with Gasteiger partial charge < -0.3 is 5.73 Å². The number of hydrazine groups is 1. The van der Waals surface area contributed by atoms with Gasteiger partial charge in [-0.25, -0.2) is 19.3 Å². The van der Waals surface area contributed by atoms with E-state index in [1.54, 1.807) is 19.1 Å². The van der Waals surface area contributed by atoms with Gasteiger partial charge in [0.2, 0.25) is 0 Å². The van der Waals surface area contributed by atoms with Crippen LogP contribution in [0.1, 0.15) is 12.5 Å². The van der Waals surface area contributed by atoms with Crippen molar-refractivity contribution in [3.63, 3.8) is 0 Å². The second-order valence-corrected chi connectivity index (χ2v) is 8.92. The van der Waals surface area contributed by atoms with Crippen molar-refractivity contribution in [2.75, 3.05) is 5.75 Å². The van der Waals surface area contributed by atoms with E-state index < -0.39 is 20.9 Å². The van der Waals surface area contributed by atoms with Gasteiger partial charge in [0.15, 0.2) is 9.84 Å². The van der Waals surface area contributed by atoms with Crippen LogP contribution in [0.5, 0.6) is 0 Å². The monoisotopic (exact) mass is 356 g/mol. The molecule has 3 atom stereocenters. The maximum Gasteiger partial charge on any atom is 0.270 e. The molecule has 0 spiro atoms. The SMILES string of the molecule is CCS(=O)(=O)C1=C(c2cccc([N+](=O)[O-])c2)C2C(N)NNC2S1. The number of fused-ring (bicyclic) bond motifs is 1. The topological polar surface area (TPSA) is 127 Å². The molecule has 23 heavy (non-hydrogen) atoms. The number of non-ortho nitro benzene ring substituents is 1. The number of thioether (sulfide) groups is 1. The van der Waals surface area contributed by atoms with Gasteiger partial charge >= 0.3 is 0 Å². The predicted molar refractivity (Wildman–Crippen MR) is 88.6 cm³/mol. The lowest BCUT2D eigenvalue weighted by molar-refractivity contribution is -0.384. The first-order valence-corrected chi connectivity index (χ1v) is 9.53. The zero-order valence-electron chi connectivity index (χ0n) is 12.2. The molecule has 1 aromatic rings. The molecule has 1 fully saturated rings. The van der Waals surface area contributed by atoms with E-state index in [2.05, 4.69) is 10.9 Å². The number of rotatable bonds is 4. The van der Waals surface area contributed by atoms with Crippen LogP contribution in [0.15, 0.2) is 28.5 Å². The summed E-state index contributed by atoms with van der Waals surface area (Å²) in [7, 11) is -3.44. The van der Waals surface area contributed by atoms with E-state index in [4.69, 9.17) is 5.73 Å². The molecule has 0 amide bonds. The van der Waals surface area contributed by atoms with Crippen molar-refractivity contribution in [2.45, 2.75) is 18.5 Å². The molecule has 10 heteroatoms. The number of nitrogens with two attached hydrogens (primary N) is 1. The van der Waals surface area contributed by atoms with Crippen LogP contribution in [0.25, 0.3) is 5.57 Å². The number of nitrogens with one attached hydrogen (secondary N) is 2. The fraction of sp³-hybridized carbons (Fsp3) is 0.385. The molecule has 124 valence electrons. The Morgan fingerprint density at radius 2 is 2.13 bits per heavy atom. The summed E-state index contributed by atoms with van der Waals surface area (Å²) in [5, 5.41) is 10.8. The minimum absolute atomic E-state index is 0.0319. The summed E-state index contributed by atoms with van der Waals surface area (Å²) >= 11 is 1.20. The number of benzene rings is 1. The molecule has 1 saturated heterocycles. The Kier molecular flexibility index (Phi) is 4.19. The van der Waals surface area contributed by atoms with Gasteiger partial charge in [-0.2, -0.15) is 0 Å². The molecule has 3 unspecified atom stereocenters. The molecule has 2 heterocycles. The second kappa shape index (κ2) is 5.87. The zero-order valence-corrected chi connectivity index (χ0v) is 13.9. The number of nitro benzene ring substituents is 1. The van der Waals surface area contributed by atoms with Crippen molar-refractivity contribution in [2.24, 2.45) is 11.7 Å². The first-order valence-electron chi connectivity index (χ1n) is 7.00. The van der Waals surface area contributed by atoms with E-state index >= 15 is 0 Å². The van der Waals surface area contributed by atoms with Gasteiger partial charge in [0.05, 0.1) is 22.2 Å². The minimum Gasteiger partial charge on any atom is -0.314 e. The van der Waals surface area contributed by atoms with Crippen LogP contribution in [0.4, 0.5) is 5.69 Å². The van der Waals surface area contributed by atoms with Crippen molar-refractivity contribution in [3.05, 3.63) is 44.2 Å². The maximum absolute atomic E-state index is 12.4. The highest BCUT2D eigenvalue weighted by Gasteiger charge is 2.47. The standard InChI is InChI=1S/C13H16N4O4S2/c1-2-23(20,21)13-9(10-11(14)15-16-12(10)22-13)7-4-3-5-8(6-7)17(18)19/h3-6,10-12,15-16H,2,14H2,1H3.